The van der Waals surface area contributed by atoms with Gasteiger partial charge >= 0.3 is 109 Å². The van der Waals surface area contributed by atoms with E-state index in [0.717, 1.165) is 0 Å². The maximum atomic E-state index is 10.8. The van der Waals surface area contributed by atoms with E-state index in [1.807, 2.05) is 0 Å². The van der Waals surface area contributed by atoms with Crippen molar-refractivity contribution in [3.8, 4) is 0 Å². The number of imide groups is 1. The number of urea groups is 1. The molecule has 1 rings (SSSR count). The molecule has 14 heteroatoms. The first-order chi connectivity index (χ1) is 6.99. The summed E-state index contributed by atoms with van der Waals surface area (Å²) in [6.45, 7) is 0. The SMILES string of the molecule is O=C1CC(S(=O)(=O)[O-])(S(=O)(=O)[O-])NC(=O)N1.[K+].[K+]. The van der Waals surface area contributed by atoms with Crippen LogP contribution in [0, 0.1) is 0 Å². The van der Waals surface area contributed by atoms with Crippen LogP contribution in [0.25, 0.3) is 0 Å². The first kappa shape index (κ1) is 22.3. The molecule has 0 spiro atoms. The van der Waals surface area contributed by atoms with Crippen molar-refractivity contribution in [2.45, 2.75) is 10.6 Å². The summed E-state index contributed by atoms with van der Waals surface area (Å²) in [5.41, 5.74) is 0. The van der Waals surface area contributed by atoms with Gasteiger partial charge in [0.15, 0.2) is 0 Å². The van der Waals surface area contributed by atoms with Crippen molar-refractivity contribution in [2.75, 3.05) is 0 Å². The van der Waals surface area contributed by atoms with E-state index in [1.165, 1.54) is 10.6 Å². The second-order valence-corrected chi connectivity index (χ2v) is 6.31. The number of hydrogen-bond acceptors (Lipinski definition) is 8. The van der Waals surface area contributed by atoms with Gasteiger partial charge in [-0.05, 0) is 0 Å². The number of carbonyl (C=O) groups is 2. The number of nitrogens with one attached hydrogen (secondary N) is 2. The van der Waals surface area contributed by atoms with Gasteiger partial charge in [0.2, 0.25) is 10.1 Å². The quantitative estimate of drug-likeness (QED) is 0.365. The fourth-order valence-electron chi connectivity index (χ4n) is 1.06. The van der Waals surface area contributed by atoms with E-state index in [9.17, 15) is 35.5 Å². The summed E-state index contributed by atoms with van der Waals surface area (Å²) in [4.78, 5) is 21.5. The average Bonchev–Trinajstić information content (AvgIpc) is 1.97. The Morgan fingerprint density at radius 3 is 1.67 bits per heavy atom. The standard InChI is InChI=1S/C4H6N2O8S2.2K/c7-2-1-4(15(9,10)11,16(12,13)14)6-3(8)5-2;;/h1H2,(H,9,10,11)(H,12,13,14)(H2,5,6,7,8);;/q;2*+1/p-2. The van der Waals surface area contributed by atoms with Crippen molar-refractivity contribution in [2.24, 2.45) is 0 Å². The topological polar surface area (TPSA) is 173 Å². The Bertz CT molecular complexity index is 504. The number of hydrogen-bond donors (Lipinski definition) is 2. The second kappa shape index (κ2) is 7.34. The molecular formula is C4H4K2N2O8S2. The van der Waals surface area contributed by atoms with Crippen LogP contribution in [-0.2, 0) is 25.0 Å². The average molecular weight is 350 g/mol. The molecule has 0 radical (unpaired) electrons. The van der Waals surface area contributed by atoms with Gasteiger partial charge < -0.3 is 14.4 Å². The minimum absolute atomic E-state index is 0. The summed E-state index contributed by atoms with van der Waals surface area (Å²) in [5.74, 6) is -1.36. The van der Waals surface area contributed by atoms with Gasteiger partial charge in [0, 0.05) is 0 Å². The summed E-state index contributed by atoms with van der Waals surface area (Å²) in [6.07, 6.45) is -1.48. The Balaban J connectivity index is 0. The molecule has 0 aromatic rings. The first-order valence-corrected chi connectivity index (χ1v) is 6.34. The van der Waals surface area contributed by atoms with Gasteiger partial charge in [0.05, 0.1) is 6.42 Å². The summed E-state index contributed by atoms with van der Waals surface area (Å²) in [5, 5.41) is 2.65. The van der Waals surface area contributed by atoms with Gasteiger partial charge in [-0.2, -0.15) is 0 Å². The number of rotatable bonds is 2. The van der Waals surface area contributed by atoms with Crippen molar-refractivity contribution in [3.63, 3.8) is 0 Å². The van der Waals surface area contributed by atoms with Crippen LogP contribution in [0.3, 0.4) is 0 Å². The van der Waals surface area contributed by atoms with Crippen LogP contribution >= 0.6 is 0 Å². The van der Waals surface area contributed by atoms with Crippen LogP contribution in [0.15, 0.2) is 0 Å². The minimum Gasteiger partial charge on any atom is -0.745 e. The van der Waals surface area contributed by atoms with E-state index in [1.54, 1.807) is 0 Å². The molecule has 0 aromatic heterocycles. The third kappa shape index (κ3) is 4.52. The van der Waals surface area contributed by atoms with E-state index in [2.05, 4.69) is 0 Å². The molecular weight excluding hydrogens is 346 g/mol. The van der Waals surface area contributed by atoms with Gasteiger partial charge in [0.25, 0.3) is 0 Å². The molecule has 3 amide bonds. The van der Waals surface area contributed by atoms with Crippen molar-refractivity contribution in [1.29, 1.82) is 0 Å². The monoisotopic (exact) mass is 350 g/mol. The van der Waals surface area contributed by atoms with Gasteiger partial charge in [0.1, 0.15) is 20.2 Å². The zero-order chi connectivity index (χ0) is 12.8. The summed E-state index contributed by atoms with van der Waals surface area (Å²) >= 11 is 0. The molecule has 0 saturated carbocycles. The van der Waals surface area contributed by atoms with Gasteiger partial charge in [-0.15, -0.1) is 0 Å². The summed E-state index contributed by atoms with van der Waals surface area (Å²) < 4.78 is 60.6. The van der Waals surface area contributed by atoms with Crippen molar-refractivity contribution in [1.82, 2.24) is 10.6 Å². The first-order valence-electron chi connectivity index (χ1n) is 3.52. The van der Waals surface area contributed by atoms with Crippen molar-refractivity contribution >= 4 is 32.2 Å². The molecule has 1 fully saturated rings. The fourth-order valence-corrected chi connectivity index (χ4v) is 3.11. The van der Waals surface area contributed by atoms with Gasteiger partial charge in [-0.1, -0.05) is 0 Å². The number of amides is 3. The van der Waals surface area contributed by atoms with Crippen molar-refractivity contribution < 1.29 is 138 Å². The Labute approximate surface area is 187 Å². The molecule has 0 atom stereocenters. The Morgan fingerprint density at radius 1 is 1.00 bits per heavy atom. The van der Waals surface area contributed by atoms with Crippen LogP contribution in [0.5, 0.6) is 0 Å². The fraction of sp³-hybridized carbons (Fsp3) is 0.500. The van der Waals surface area contributed by atoms with Crippen LogP contribution in [0.4, 0.5) is 4.79 Å². The van der Waals surface area contributed by atoms with Crippen LogP contribution in [0.2, 0.25) is 0 Å². The zero-order valence-electron chi connectivity index (χ0n) is 9.29. The molecule has 1 aliphatic heterocycles. The molecule has 1 saturated heterocycles. The molecule has 92 valence electrons. The molecule has 0 bridgehead atoms. The zero-order valence-corrected chi connectivity index (χ0v) is 17.2. The van der Waals surface area contributed by atoms with E-state index < -0.39 is 42.8 Å². The Morgan fingerprint density at radius 2 is 1.39 bits per heavy atom. The molecule has 18 heavy (non-hydrogen) atoms. The van der Waals surface area contributed by atoms with Crippen LogP contribution in [-0.4, -0.2) is 42.1 Å². The molecule has 1 aliphatic rings. The maximum absolute atomic E-state index is 10.8. The van der Waals surface area contributed by atoms with E-state index in [-0.39, 0.29) is 103 Å². The minimum atomic E-state index is -5.75. The predicted octanol–water partition coefficient (Wildman–Crippen LogP) is -9.03. The Kier molecular flexibility index (Phi) is 9.10. The van der Waals surface area contributed by atoms with Gasteiger partial charge in [-0.3, -0.25) is 10.1 Å². The normalized spacial score (nSPS) is 18.8. The van der Waals surface area contributed by atoms with Crippen LogP contribution < -0.4 is 113 Å². The molecule has 0 aliphatic carbocycles. The van der Waals surface area contributed by atoms with Crippen LogP contribution in [0.1, 0.15) is 6.42 Å². The smallest absolute Gasteiger partial charge is 0.745 e. The predicted molar refractivity (Wildman–Crippen MR) is 43.4 cm³/mol. The summed E-state index contributed by atoms with van der Waals surface area (Å²) in [7, 11) is -11.5. The third-order valence-electron chi connectivity index (χ3n) is 1.76. The Hall–Kier alpha value is 2.03. The van der Waals surface area contributed by atoms with E-state index in [0.29, 0.717) is 0 Å². The third-order valence-corrected chi connectivity index (χ3v) is 5.09. The van der Waals surface area contributed by atoms with E-state index in [4.69, 9.17) is 0 Å². The molecule has 2 N–H and O–H groups in total. The maximum Gasteiger partial charge on any atom is 1.00 e. The molecule has 1 heterocycles. The molecule has 0 aromatic carbocycles. The number of carbonyl (C=O) groups excluding carboxylic acids is 2. The molecule has 0 unspecified atom stereocenters. The van der Waals surface area contributed by atoms with Crippen molar-refractivity contribution in [3.05, 3.63) is 0 Å². The molecule has 10 nitrogen and oxygen atoms in total. The van der Waals surface area contributed by atoms with Gasteiger partial charge in [-0.25, -0.2) is 21.6 Å². The van der Waals surface area contributed by atoms with E-state index >= 15 is 0 Å². The largest absolute Gasteiger partial charge is 1.00 e. The second-order valence-electron chi connectivity index (χ2n) is 2.84. The summed E-state index contributed by atoms with van der Waals surface area (Å²) in [6, 6.07) is -1.55.